The van der Waals surface area contributed by atoms with Crippen LogP contribution in [0.25, 0.3) is 11.0 Å². The van der Waals surface area contributed by atoms with Gasteiger partial charge in [0.05, 0.1) is 24.7 Å². The Labute approximate surface area is 87.1 Å². The van der Waals surface area contributed by atoms with E-state index < -0.39 is 0 Å². The fourth-order valence-electron chi connectivity index (χ4n) is 1.37. The summed E-state index contributed by atoms with van der Waals surface area (Å²) in [6.07, 6.45) is 3.12. The van der Waals surface area contributed by atoms with E-state index in [1.807, 2.05) is 6.92 Å². The average molecular weight is 207 g/mol. The summed E-state index contributed by atoms with van der Waals surface area (Å²) in [6, 6.07) is 0. The van der Waals surface area contributed by atoms with Crippen molar-refractivity contribution in [1.29, 1.82) is 0 Å². The first-order chi connectivity index (χ1) is 7.33. The lowest BCUT2D eigenvalue weighted by Crippen LogP contribution is -2.08. The highest BCUT2D eigenvalue weighted by Gasteiger charge is 2.06. The Morgan fingerprint density at radius 3 is 3.13 bits per heavy atom. The van der Waals surface area contributed by atoms with E-state index in [1.165, 1.54) is 6.33 Å². The Morgan fingerprint density at radius 2 is 2.33 bits per heavy atom. The molecule has 15 heavy (non-hydrogen) atoms. The maximum atomic E-state index is 5.69. The first-order valence-electron chi connectivity index (χ1n) is 4.82. The molecule has 0 aliphatic heterocycles. The van der Waals surface area contributed by atoms with E-state index in [1.54, 1.807) is 10.9 Å². The molecular weight excluding hydrogens is 194 g/mol. The van der Waals surface area contributed by atoms with Gasteiger partial charge in [0, 0.05) is 6.61 Å². The third kappa shape index (κ3) is 1.89. The van der Waals surface area contributed by atoms with Gasteiger partial charge in [-0.1, -0.05) is 0 Å². The topological polar surface area (TPSA) is 78.9 Å². The summed E-state index contributed by atoms with van der Waals surface area (Å²) >= 11 is 0. The zero-order valence-corrected chi connectivity index (χ0v) is 8.55. The number of aromatic nitrogens is 4. The minimum atomic E-state index is 0.461. The molecule has 0 aliphatic rings. The van der Waals surface area contributed by atoms with E-state index in [0.29, 0.717) is 25.6 Å². The molecule has 2 heterocycles. The molecule has 0 aliphatic carbocycles. The highest BCUT2D eigenvalue weighted by Crippen LogP contribution is 2.14. The van der Waals surface area contributed by atoms with Crippen molar-refractivity contribution in [3.8, 4) is 0 Å². The van der Waals surface area contributed by atoms with Crippen LogP contribution in [0.2, 0.25) is 0 Å². The Bertz CT molecular complexity index is 453. The summed E-state index contributed by atoms with van der Waals surface area (Å²) in [7, 11) is 0. The largest absolute Gasteiger partial charge is 0.383 e. The molecule has 0 spiro atoms. The van der Waals surface area contributed by atoms with Gasteiger partial charge in [0.25, 0.3) is 0 Å². The Kier molecular flexibility index (Phi) is 2.77. The van der Waals surface area contributed by atoms with Crippen molar-refractivity contribution >= 4 is 16.9 Å². The van der Waals surface area contributed by atoms with Gasteiger partial charge in [-0.3, -0.25) is 0 Å². The van der Waals surface area contributed by atoms with Crippen LogP contribution < -0.4 is 5.73 Å². The van der Waals surface area contributed by atoms with Crippen LogP contribution in [0.4, 0.5) is 5.82 Å². The molecule has 0 fully saturated rings. The SMILES string of the molecule is CCOCCn1ncc2c(N)ncnc21. The molecule has 2 aromatic heterocycles. The predicted octanol–water partition coefficient (Wildman–Crippen LogP) is 0.445. The zero-order chi connectivity index (χ0) is 10.7. The van der Waals surface area contributed by atoms with Gasteiger partial charge in [-0.2, -0.15) is 5.10 Å². The molecule has 0 amide bonds. The van der Waals surface area contributed by atoms with Gasteiger partial charge in [-0.15, -0.1) is 0 Å². The van der Waals surface area contributed by atoms with Crippen molar-refractivity contribution in [3.05, 3.63) is 12.5 Å². The van der Waals surface area contributed by atoms with Crippen molar-refractivity contribution < 1.29 is 4.74 Å². The van der Waals surface area contributed by atoms with Gasteiger partial charge in [0.1, 0.15) is 12.1 Å². The van der Waals surface area contributed by atoms with Crippen LogP contribution in [-0.2, 0) is 11.3 Å². The molecule has 0 atom stereocenters. The summed E-state index contributed by atoms with van der Waals surface area (Å²) in [5, 5.41) is 4.97. The molecule has 0 radical (unpaired) electrons. The van der Waals surface area contributed by atoms with Gasteiger partial charge < -0.3 is 10.5 Å². The number of fused-ring (bicyclic) bond motifs is 1. The van der Waals surface area contributed by atoms with E-state index in [2.05, 4.69) is 15.1 Å². The molecule has 2 rings (SSSR count). The van der Waals surface area contributed by atoms with Crippen LogP contribution in [0.5, 0.6) is 0 Å². The highest BCUT2D eigenvalue weighted by molar-refractivity contribution is 5.84. The molecule has 6 nitrogen and oxygen atoms in total. The summed E-state index contributed by atoms with van der Waals surface area (Å²) in [5.41, 5.74) is 6.44. The quantitative estimate of drug-likeness (QED) is 0.736. The standard InChI is InChI=1S/C9H13N5O/c1-2-15-4-3-14-9-7(5-13-14)8(10)11-6-12-9/h5-6H,2-4H2,1H3,(H2,10,11,12). The van der Waals surface area contributed by atoms with E-state index in [0.717, 1.165) is 11.0 Å². The van der Waals surface area contributed by atoms with Crippen molar-refractivity contribution in [3.63, 3.8) is 0 Å². The van der Waals surface area contributed by atoms with E-state index in [9.17, 15) is 0 Å². The summed E-state index contributed by atoms with van der Waals surface area (Å²) in [5.74, 6) is 0.461. The second-order valence-electron chi connectivity index (χ2n) is 3.06. The van der Waals surface area contributed by atoms with E-state index in [-0.39, 0.29) is 0 Å². The molecule has 0 bridgehead atoms. The second kappa shape index (κ2) is 4.22. The summed E-state index contributed by atoms with van der Waals surface area (Å²) in [6.45, 7) is 3.96. The molecule has 0 saturated carbocycles. The molecule has 0 saturated heterocycles. The number of nitrogens with two attached hydrogens (primary N) is 1. The molecule has 2 N–H and O–H groups in total. The fraction of sp³-hybridized carbons (Fsp3) is 0.444. The number of rotatable bonds is 4. The van der Waals surface area contributed by atoms with Gasteiger partial charge in [0.2, 0.25) is 0 Å². The number of ether oxygens (including phenoxy) is 1. The number of anilines is 1. The van der Waals surface area contributed by atoms with Crippen LogP contribution in [-0.4, -0.2) is 33.0 Å². The first kappa shape index (κ1) is 9.85. The Balaban J connectivity index is 2.25. The lowest BCUT2D eigenvalue weighted by molar-refractivity contribution is 0.137. The van der Waals surface area contributed by atoms with Crippen molar-refractivity contribution in [1.82, 2.24) is 19.7 Å². The average Bonchev–Trinajstić information content (AvgIpc) is 2.64. The van der Waals surface area contributed by atoms with Crippen LogP contribution >= 0.6 is 0 Å². The van der Waals surface area contributed by atoms with E-state index in [4.69, 9.17) is 10.5 Å². The Hall–Kier alpha value is -1.69. The zero-order valence-electron chi connectivity index (χ0n) is 8.55. The molecular formula is C9H13N5O. The molecule has 2 aromatic rings. The number of hydrogen-bond donors (Lipinski definition) is 1. The second-order valence-corrected chi connectivity index (χ2v) is 3.06. The molecule has 80 valence electrons. The molecule has 0 unspecified atom stereocenters. The van der Waals surface area contributed by atoms with Gasteiger partial charge in [0.15, 0.2) is 5.65 Å². The van der Waals surface area contributed by atoms with Gasteiger partial charge >= 0.3 is 0 Å². The first-order valence-corrected chi connectivity index (χ1v) is 4.82. The monoisotopic (exact) mass is 207 g/mol. The maximum absolute atomic E-state index is 5.69. The number of nitrogen functional groups attached to an aromatic ring is 1. The van der Waals surface area contributed by atoms with Gasteiger partial charge in [-0.05, 0) is 6.92 Å². The van der Waals surface area contributed by atoms with E-state index >= 15 is 0 Å². The predicted molar refractivity (Wildman–Crippen MR) is 56.2 cm³/mol. The smallest absolute Gasteiger partial charge is 0.163 e. The number of nitrogens with zero attached hydrogens (tertiary/aromatic N) is 4. The van der Waals surface area contributed by atoms with Crippen LogP contribution in [0.15, 0.2) is 12.5 Å². The van der Waals surface area contributed by atoms with Crippen LogP contribution in [0.1, 0.15) is 6.92 Å². The van der Waals surface area contributed by atoms with Crippen LogP contribution in [0, 0.1) is 0 Å². The van der Waals surface area contributed by atoms with Gasteiger partial charge in [-0.25, -0.2) is 14.6 Å². The fourth-order valence-corrected chi connectivity index (χ4v) is 1.37. The van der Waals surface area contributed by atoms with Crippen LogP contribution in [0.3, 0.4) is 0 Å². The minimum absolute atomic E-state index is 0.461. The maximum Gasteiger partial charge on any atom is 0.163 e. The molecule has 0 aromatic carbocycles. The highest BCUT2D eigenvalue weighted by atomic mass is 16.5. The third-order valence-electron chi connectivity index (χ3n) is 2.12. The lowest BCUT2D eigenvalue weighted by Gasteiger charge is -2.02. The minimum Gasteiger partial charge on any atom is -0.383 e. The van der Waals surface area contributed by atoms with Crippen molar-refractivity contribution in [2.75, 3.05) is 18.9 Å². The Morgan fingerprint density at radius 1 is 1.47 bits per heavy atom. The van der Waals surface area contributed by atoms with Crippen molar-refractivity contribution in [2.45, 2.75) is 13.5 Å². The number of hydrogen-bond acceptors (Lipinski definition) is 5. The molecule has 6 heteroatoms. The normalized spacial score (nSPS) is 11.0. The third-order valence-corrected chi connectivity index (χ3v) is 2.12. The lowest BCUT2D eigenvalue weighted by atomic mass is 10.4. The summed E-state index contributed by atoms with van der Waals surface area (Å²) < 4.78 is 7.02. The summed E-state index contributed by atoms with van der Waals surface area (Å²) in [4.78, 5) is 8.03. The van der Waals surface area contributed by atoms with Crippen molar-refractivity contribution in [2.24, 2.45) is 0 Å².